The molecule has 4 amide bonds. The second-order valence-electron chi connectivity index (χ2n) is 17.6. The van der Waals surface area contributed by atoms with Crippen LogP contribution in [-0.2, 0) is 0 Å². The van der Waals surface area contributed by atoms with Gasteiger partial charge in [-0.25, -0.2) is 0 Å². The summed E-state index contributed by atoms with van der Waals surface area (Å²) in [5.41, 5.74) is 2.07. The van der Waals surface area contributed by atoms with Gasteiger partial charge in [-0.1, -0.05) is 89.5 Å². The Bertz CT molecular complexity index is 2200. The highest BCUT2D eigenvalue weighted by Gasteiger charge is 2.57. The molecule has 272 valence electrons. The average Bonchev–Trinajstić information content (AvgIpc) is 3.14. The van der Waals surface area contributed by atoms with Crippen LogP contribution >= 0.6 is 0 Å². The zero-order chi connectivity index (χ0) is 36.2. The standard InChI is InChI=1S/C47H50N2O4/c1-3-5-7-9-11-30(12-10-8-6-4-2)48-43(50)35-17-13-31-33-15-19-37-42-38(20-16-34(40(33)42)32-14-18-36(44(48)51)41(35)39(31)32)46(53)49(45(37)52)47-24-27-21-28(25-47)23-29(22-27)26-47/h13-20,27-30H,3-12,21-26H2,1-2H3. The van der Waals surface area contributed by atoms with Crippen LogP contribution in [0.4, 0.5) is 0 Å². The van der Waals surface area contributed by atoms with Crippen molar-refractivity contribution in [3.8, 4) is 0 Å². The fourth-order valence-corrected chi connectivity index (χ4v) is 12.4. The first-order valence-corrected chi connectivity index (χ1v) is 20.8. The molecule has 2 aliphatic heterocycles. The van der Waals surface area contributed by atoms with Crippen molar-refractivity contribution < 1.29 is 19.2 Å². The van der Waals surface area contributed by atoms with E-state index in [0.717, 1.165) is 127 Å². The van der Waals surface area contributed by atoms with Gasteiger partial charge in [-0.15, -0.1) is 0 Å². The highest BCUT2D eigenvalue weighted by atomic mass is 16.2. The number of hydrogen-bond acceptors (Lipinski definition) is 4. The molecule has 53 heavy (non-hydrogen) atoms. The van der Waals surface area contributed by atoms with Gasteiger partial charge in [0.05, 0.1) is 5.54 Å². The molecule has 4 bridgehead atoms. The van der Waals surface area contributed by atoms with Gasteiger partial charge in [0.2, 0.25) is 0 Å². The van der Waals surface area contributed by atoms with Crippen molar-refractivity contribution >= 4 is 66.7 Å². The van der Waals surface area contributed by atoms with Crippen LogP contribution in [0.15, 0.2) is 48.5 Å². The number of rotatable bonds is 12. The first-order chi connectivity index (χ1) is 25.8. The first kappa shape index (κ1) is 33.3. The third-order valence-electron chi connectivity index (χ3n) is 14.3. The molecule has 5 aromatic rings. The molecule has 6 heteroatoms. The number of nitrogens with zero attached hydrogens (tertiary/aromatic N) is 2. The molecule has 4 saturated carbocycles. The molecule has 0 spiro atoms. The van der Waals surface area contributed by atoms with Gasteiger partial charge in [0, 0.05) is 39.1 Å². The fraction of sp³-hybridized carbons (Fsp3) is 0.489. The van der Waals surface area contributed by atoms with E-state index in [0.29, 0.717) is 40.0 Å². The zero-order valence-corrected chi connectivity index (χ0v) is 31.3. The summed E-state index contributed by atoms with van der Waals surface area (Å²) in [6.45, 7) is 4.41. The van der Waals surface area contributed by atoms with E-state index < -0.39 is 0 Å². The summed E-state index contributed by atoms with van der Waals surface area (Å²) in [7, 11) is 0. The minimum absolute atomic E-state index is 0.107. The molecule has 6 nitrogen and oxygen atoms in total. The summed E-state index contributed by atoms with van der Waals surface area (Å²) < 4.78 is 0. The summed E-state index contributed by atoms with van der Waals surface area (Å²) in [6.07, 6.45) is 17.1. The molecule has 0 N–H and O–H groups in total. The van der Waals surface area contributed by atoms with Gasteiger partial charge in [-0.3, -0.25) is 29.0 Å². The van der Waals surface area contributed by atoms with E-state index in [2.05, 4.69) is 13.8 Å². The Kier molecular flexibility index (Phi) is 7.76. The smallest absolute Gasteiger partial charge is 0.261 e. The van der Waals surface area contributed by atoms with E-state index in [1.54, 1.807) is 9.80 Å². The SMILES string of the molecule is CCCCCCC(CCCCCC)N1C(=O)c2ccc3c4ccc5c6c(ccc(c7ccc(c2c37)C1=O)c64)C(=O)N(C12CC3CC(CC(C3)C1)C2)C5=O. The van der Waals surface area contributed by atoms with E-state index in [4.69, 9.17) is 0 Å². The van der Waals surface area contributed by atoms with Crippen LogP contribution in [-0.4, -0.2) is 45.0 Å². The van der Waals surface area contributed by atoms with E-state index >= 15 is 0 Å². The molecular formula is C47H50N2O4. The Labute approximate surface area is 311 Å². The molecule has 5 aromatic carbocycles. The van der Waals surface area contributed by atoms with Gasteiger partial charge in [0.25, 0.3) is 23.6 Å². The van der Waals surface area contributed by atoms with Crippen molar-refractivity contribution in [2.24, 2.45) is 17.8 Å². The van der Waals surface area contributed by atoms with E-state index in [1.807, 2.05) is 48.5 Å². The lowest BCUT2D eigenvalue weighted by molar-refractivity contribution is -0.0639. The third-order valence-corrected chi connectivity index (χ3v) is 14.3. The number of benzene rings is 5. The van der Waals surface area contributed by atoms with Crippen LogP contribution in [0.25, 0.3) is 43.1 Å². The number of unbranched alkanes of at least 4 members (excludes halogenated alkanes) is 6. The molecule has 2 heterocycles. The zero-order valence-electron chi connectivity index (χ0n) is 31.3. The van der Waals surface area contributed by atoms with E-state index in [9.17, 15) is 19.2 Å². The van der Waals surface area contributed by atoms with Crippen LogP contribution in [0.2, 0.25) is 0 Å². The molecule has 0 atom stereocenters. The molecular weight excluding hydrogens is 657 g/mol. The summed E-state index contributed by atoms with van der Waals surface area (Å²) in [5.74, 6) is 1.21. The summed E-state index contributed by atoms with van der Waals surface area (Å²) in [6, 6.07) is 15.8. The Balaban J connectivity index is 1.08. The summed E-state index contributed by atoms with van der Waals surface area (Å²) >= 11 is 0. The van der Waals surface area contributed by atoms with Crippen LogP contribution in [0.3, 0.4) is 0 Å². The Morgan fingerprint density at radius 1 is 0.509 bits per heavy atom. The Hall–Kier alpha value is -4.32. The second-order valence-corrected chi connectivity index (χ2v) is 17.6. The van der Waals surface area contributed by atoms with Crippen molar-refractivity contribution in [2.75, 3.05) is 0 Å². The van der Waals surface area contributed by atoms with Gasteiger partial charge in [-0.2, -0.15) is 0 Å². The van der Waals surface area contributed by atoms with Crippen molar-refractivity contribution in [3.63, 3.8) is 0 Å². The molecule has 0 aromatic heterocycles. The van der Waals surface area contributed by atoms with E-state index in [1.165, 1.54) is 19.3 Å². The number of hydrogen-bond donors (Lipinski definition) is 0. The lowest BCUT2D eigenvalue weighted by Crippen LogP contribution is -2.63. The van der Waals surface area contributed by atoms with Crippen LogP contribution < -0.4 is 0 Å². The maximum absolute atomic E-state index is 14.6. The minimum Gasteiger partial charge on any atom is -0.271 e. The summed E-state index contributed by atoms with van der Waals surface area (Å²) in [5, 5.41) is 7.14. The second kappa shape index (κ2) is 12.4. The van der Waals surface area contributed by atoms with Gasteiger partial charge in [-0.05, 0) is 126 Å². The van der Waals surface area contributed by atoms with Crippen molar-refractivity contribution in [1.29, 1.82) is 0 Å². The fourth-order valence-electron chi connectivity index (χ4n) is 12.4. The minimum atomic E-state index is -0.364. The van der Waals surface area contributed by atoms with Crippen molar-refractivity contribution in [3.05, 3.63) is 70.8 Å². The monoisotopic (exact) mass is 706 g/mol. The lowest BCUT2D eigenvalue weighted by Gasteiger charge is -2.60. The van der Waals surface area contributed by atoms with E-state index in [-0.39, 0.29) is 35.2 Å². The molecule has 6 aliphatic rings. The maximum Gasteiger partial charge on any atom is 0.261 e. The van der Waals surface area contributed by atoms with Crippen molar-refractivity contribution in [2.45, 2.75) is 128 Å². The topological polar surface area (TPSA) is 74.8 Å². The molecule has 4 aliphatic carbocycles. The number of carbonyl (C=O) groups is 4. The van der Waals surface area contributed by atoms with Gasteiger partial charge in [0.1, 0.15) is 0 Å². The van der Waals surface area contributed by atoms with Gasteiger partial charge in [0.15, 0.2) is 0 Å². The number of fused-ring (bicyclic) bond motifs is 2. The predicted molar refractivity (Wildman–Crippen MR) is 211 cm³/mol. The van der Waals surface area contributed by atoms with Crippen LogP contribution in [0.1, 0.15) is 158 Å². The molecule has 0 saturated heterocycles. The Morgan fingerprint density at radius 3 is 1.26 bits per heavy atom. The number of imide groups is 2. The third kappa shape index (κ3) is 4.75. The predicted octanol–water partition coefficient (Wildman–Crippen LogP) is 11.2. The van der Waals surface area contributed by atoms with Crippen molar-refractivity contribution in [1.82, 2.24) is 9.80 Å². The number of carbonyl (C=O) groups excluding carboxylic acids is 4. The van der Waals surface area contributed by atoms with Gasteiger partial charge >= 0.3 is 0 Å². The molecule has 4 fully saturated rings. The van der Waals surface area contributed by atoms with Crippen LogP contribution in [0.5, 0.6) is 0 Å². The molecule has 11 rings (SSSR count). The van der Waals surface area contributed by atoms with Gasteiger partial charge < -0.3 is 0 Å². The van der Waals surface area contributed by atoms with Crippen LogP contribution in [0, 0.1) is 17.8 Å². The highest BCUT2D eigenvalue weighted by molar-refractivity contribution is 6.41. The normalized spacial score (nSPS) is 24.8. The summed E-state index contributed by atoms with van der Waals surface area (Å²) in [4.78, 5) is 61.5. The number of amides is 4. The highest BCUT2D eigenvalue weighted by Crippen LogP contribution is 2.59. The first-order valence-electron chi connectivity index (χ1n) is 20.8. The molecule has 0 unspecified atom stereocenters. The maximum atomic E-state index is 14.6. The molecule has 0 radical (unpaired) electrons. The Morgan fingerprint density at radius 2 is 0.887 bits per heavy atom. The average molecular weight is 707 g/mol. The largest absolute Gasteiger partial charge is 0.271 e. The lowest BCUT2D eigenvalue weighted by atomic mass is 9.52. The quantitative estimate of drug-likeness (QED) is 0.0560.